The Morgan fingerprint density at radius 1 is 0.462 bits per heavy atom. The molecule has 0 radical (unpaired) electrons. The molecule has 0 unspecified atom stereocenters. The highest BCUT2D eigenvalue weighted by Crippen LogP contribution is 2.45. The SMILES string of the molecule is CC[C@H]1C(=O)O[C@@H](C[C@H](O)CCCC[C@H](C)[C@H](O)[C@H](C)CC[C@H](O)[C@H](C)[C@H](C)O[C@H]2C[C@@](C)(N)[C@H](O)[C@@H](C)O2)[C@@H](C)/C=C/C=C/[C@H](O)[C@H](C)[C@@H](O)C[C@@H](O)C[C@H](O[C@H]2O[C@@H](CO)[C@H](O)[C@@H](O)[C@@H]2O)[C@H](C)[C@@H]2C[C@H](O)[C@@H](O)[C@](O)(C[C@@H](O[C@@H]3O[C@H](C)[C@@H](O[C@H]4O[C@@H](C)[C@H](O)[C@@H](O[C@H]5C[C@@H](N)[C@H](O)[C@@H](C)O5)[C@@H]4O)[C@H](O[C@H]4C[C@@H](N)[C@H](O)[C@@H](C)O4)[C@H]3O[C@@H]3O[C@H](CO)[C@@H](O)[C@H](O)[C@H]3O)[C@@H](C)CC[C@H](O)C[C@@H](O)C/C=C/[C@@H]1O)O2. The second-order valence-electron chi connectivity index (χ2n) is 43.5. The lowest BCUT2D eigenvalue weighted by molar-refractivity contribution is -0.408. The van der Waals surface area contributed by atoms with Crippen LogP contribution < -0.4 is 17.2 Å². The van der Waals surface area contributed by atoms with E-state index in [1.807, 2.05) is 27.7 Å². The normalized spacial score (nSPS) is 48.1. The van der Waals surface area contributed by atoms with Crippen LogP contribution in [0.1, 0.15) is 226 Å². The van der Waals surface area contributed by atoms with Crippen LogP contribution in [0.15, 0.2) is 36.5 Å². The number of aliphatic hydroxyl groups is 25. The molecule has 0 spiro atoms. The van der Waals surface area contributed by atoms with Crippen molar-refractivity contribution in [2.24, 2.45) is 64.5 Å². The Labute approximate surface area is 850 Å². The van der Waals surface area contributed by atoms with Gasteiger partial charge in [-0.3, -0.25) is 4.79 Å². The fourth-order valence-electron chi connectivity index (χ4n) is 21.0. The quantitative estimate of drug-likeness (QED) is 0.0181. The second-order valence-corrected chi connectivity index (χ2v) is 43.5. The van der Waals surface area contributed by atoms with E-state index in [1.54, 1.807) is 53.7 Å². The zero-order valence-electron chi connectivity index (χ0n) is 86.4. The molecule has 31 N–H and O–H groups in total. The number of hydrogen-bond acceptors (Lipinski definition) is 45. The zero-order chi connectivity index (χ0) is 108. The van der Waals surface area contributed by atoms with Crippen LogP contribution in [-0.2, 0) is 80.6 Å². The lowest BCUT2D eigenvalue weighted by Gasteiger charge is -2.52. The van der Waals surface area contributed by atoms with E-state index in [1.165, 1.54) is 58.9 Å². The monoisotopic (exact) mass is 2090 g/mol. The summed E-state index contributed by atoms with van der Waals surface area (Å²) in [6, 6.07) is -1.91. The third-order valence-corrected chi connectivity index (χ3v) is 31.6. The van der Waals surface area contributed by atoms with Crippen LogP contribution in [0, 0.1) is 47.3 Å². The van der Waals surface area contributed by atoms with Crippen LogP contribution in [-0.4, -0.2) is 446 Å². The van der Waals surface area contributed by atoms with E-state index in [-0.39, 0.29) is 82.0 Å². The Balaban J connectivity index is 1.01. The molecule has 145 heavy (non-hydrogen) atoms. The molecule has 57 atom stereocenters. The standard InChI is InChI=1S/C100H179N3O42/c1-16-60-65(112)27-21-25-56(106)32-58(108)30-28-44(3)71(138-98-91(144-96-86(124)84(122)82(120)73(42-105)140-96)90(142-75-37-62(102)79(117)52(11)132-75)88(54(13)135-98)143-97-87(125)89(80(118)53(12)134-97)141-74-36-61(101)78(116)51(10)131-74)39-100(129)93(127)67(114)38-70(145-100)49(8)69(137-95-85(123)83(121)81(119)72(41-104)139-95)35-59(109)33-66(113)48(7)63(110)26-20-18-22-43(2)68(136-94(60)128)34-57(107)24-19-17-23-45(4)77(115)46(5)29-31-64(111)47(6)50(9)130-76-40-99(15,103)92(126)55(14)133-76/h18,20-22,26-27,43-93,95-98,104-127,129H,16-17,19,23-25,28-42,101-103H2,1-15H3/b22-18+,26-20+,27-21+/t43-,44-,45-,46+,47+,48-,49-,50-,51+,52+,53-,54+,55+,56-,57+,58-,59+,60+,61+,62+,63-,64-,65-,66-,67-,68-,69-,70-,71+,72-,73+,74-,75-,76+,77-,78+,79+,80-,81-,82+,83+,84-,85-,86+,87-,88+,89+,90-,91+,92+,93+,95-,96-,97+,98-,99+,100-/m0/s1. The number of unbranched alkanes of at least 4 members (excludes halogenated alkanes) is 1. The van der Waals surface area contributed by atoms with Crippen molar-refractivity contribution >= 4 is 5.97 Å². The van der Waals surface area contributed by atoms with Crippen LogP contribution in [0.3, 0.4) is 0 Å². The van der Waals surface area contributed by atoms with Crippen molar-refractivity contribution in [2.75, 3.05) is 13.2 Å². The summed E-state index contributed by atoms with van der Waals surface area (Å²) < 4.78 is 102. The van der Waals surface area contributed by atoms with Gasteiger partial charge < -0.3 is 221 Å². The molecule has 9 rings (SSSR count). The predicted octanol–water partition coefficient (Wildman–Crippen LogP) is -3.65. The summed E-state index contributed by atoms with van der Waals surface area (Å²) in [6.07, 6.45) is -59.1. The number of ether oxygens (including phenoxy) is 16. The summed E-state index contributed by atoms with van der Waals surface area (Å²) in [5.74, 6) is -9.72. The number of nitrogens with two attached hydrogens (primary N) is 3. The van der Waals surface area contributed by atoms with Crippen LogP contribution >= 0.6 is 0 Å². The summed E-state index contributed by atoms with van der Waals surface area (Å²) in [6.45, 7) is 23.0. The summed E-state index contributed by atoms with van der Waals surface area (Å²) >= 11 is 0. The summed E-state index contributed by atoms with van der Waals surface area (Å²) in [7, 11) is 0. The molecule has 45 nitrogen and oxygen atoms in total. The average molecular weight is 2100 g/mol. The minimum atomic E-state index is -3.01. The Bertz CT molecular complexity index is 3800. The maximum Gasteiger partial charge on any atom is 0.312 e. The molecule has 0 aliphatic carbocycles. The predicted molar refractivity (Wildman–Crippen MR) is 512 cm³/mol. The van der Waals surface area contributed by atoms with Gasteiger partial charge in [-0.05, 0) is 130 Å². The van der Waals surface area contributed by atoms with Gasteiger partial charge in [0.25, 0.3) is 0 Å². The first-order chi connectivity index (χ1) is 68.0. The Morgan fingerprint density at radius 2 is 1.00 bits per heavy atom. The molecule has 45 heteroatoms. The van der Waals surface area contributed by atoms with Crippen LogP contribution in [0.5, 0.6) is 0 Å². The van der Waals surface area contributed by atoms with Gasteiger partial charge in [0.1, 0.15) is 97.7 Å². The second kappa shape index (κ2) is 57.1. The lowest BCUT2D eigenvalue weighted by atomic mass is 9.82. The molecule has 2 bridgehead atoms. The number of fused-ring (bicyclic) bond motifs is 2. The number of esters is 1. The van der Waals surface area contributed by atoms with Crippen molar-refractivity contribution in [1.82, 2.24) is 0 Å². The van der Waals surface area contributed by atoms with Gasteiger partial charge in [0.05, 0.1) is 153 Å². The molecule has 8 saturated heterocycles. The minimum absolute atomic E-state index is 0.0470. The highest BCUT2D eigenvalue weighted by molar-refractivity contribution is 5.73. The number of hydrogen-bond donors (Lipinski definition) is 28. The first kappa shape index (κ1) is 125. The Hall–Kier alpha value is -3.03. The molecule has 846 valence electrons. The maximum absolute atomic E-state index is 14.5. The van der Waals surface area contributed by atoms with E-state index in [9.17, 15) is 132 Å². The molecule has 9 aliphatic rings. The van der Waals surface area contributed by atoms with E-state index < -0.39 is 374 Å². The van der Waals surface area contributed by atoms with Gasteiger partial charge in [-0.1, -0.05) is 105 Å². The number of carbonyl (C=O) groups is 1. The first-order valence-electron chi connectivity index (χ1n) is 52.3. The van der Waals surface area contributed by atoms with Crippen molar-refractivity contribution < 1.29 is 208 Å². The Kier molecular flexibility index (Phi) is 49.4. The van der Waals surface area contributed by atoms with Crippen molar-refractivity contribution in [1.29, 1.82) is 0 Å². The topological polar surface area (TPSA) is 749 Å². The molecule has 8 fully saturated rings. The number of allylic oxidation sites excluding steroid dienone is 2. The molecule has 0 aromatic carbocycles. The summed E-state index contributed by atoms with van der Waals surface area (Å²) in [5.41, 5.74) is 18.2. The van der Waals surface area contributed by atoms with Crippen molar-refractivity contribution in [3.8, 4) is 0 Å². The fraction of sp³-hybridized carbons (Fsp3) is 0.930. The van der Waals surface area contributed by atoms with Crippen molar-refractivity contribution in [3.05, 3.63) is 36.5 Å². The van der Waals surface area contributed by atoms with E-state index in [4.69, 9.17) is 93.0 Å². The Morgan fingerprint density at radius 3 is 1.59 bits per heavy atom. The molecular formula is C100H179N3O42. The fourth-order valence-corrected chi connectivity index (χ4v) is 21.0. The molecular weight excluding hydrogens is 1920 g/mol. The van der Waals surface area contributed by atoms with E-state index in [0.717, 1.165) is 0 Å². The average Bonchev–Trinajstić information content (AvgIpc) is 0.761. The zero-order valence-corrected chi connectivity index (χ0v) is 86.4. The highest BCUT2D eigenvalue weighted by atomic mass is 16.8. The van der Waals surface area contributed by atoms with Crippen LogP contribution in [0.4, 0.5) is 0 Å². The number of aliphatic hydroxyl groups excluding tert-OH is 24. The van der Waals surface area contributed by atoms with Crippen molar-refractivity contribution in [2.45, 2.75) is 525 Å². The minimum Gasteiger partial charge on any atom is -0.461 e. The van der Waals surface area contributed by atoms with Gasteiger partial charge in [0, 0.05) is 86.2 Å². The van der Waals surface area contributed by atoms with Gasteiger partial charge in [0.15, 0.2) is 49.8 Å². The number of carbonyl (C=O) groups excluding carboxylic acids is 1. The first-order valence-corrected chi connectivity index (χ1v) is 52.3. The van der Waals surface area contributed by atoms with Gasteiger partial charge in [-0.25, -0.2) is 0 Å². The van der Waals surface area contributed by atoms with Crippen LogP contribution in [0.2, 0.25) is 0 Å². The maximum atomic E-state index is 14.5. The highest BCUT2D eigenvalue weighted by Gasteiger charge is 2.60. The molecule has 0 saturated carbocycles. The van der Waals surface area contributed by atoms with Gasteiger partial charge in [0.2, 0.25) is 0 Å². The number of rotatable bonds is 31. The summed E-state index contributed by atoms with van der Waals surface area (Å²) in [4.78, 5) is 14.5. The summed E-state index contributed by atoms with van der Waals surface area (Å²) in [5, 5.41) is 289. The van der Waals surface area contributed by atoms with Gasteiger partial charge in [-0.2, -0.15) is 0 Å². The molecule has 0 aromatic rings. The largest absolute Gasteiger partial charge is 0.461 e. The molecule has 0 aromatic heterocycles. The third kappa shape index (κ3) is 33.8. The van der Waals surface area contributed by atoms with E-state index >= 15 is 0 Å². The van der Waals surface area contributed by atoms with E-state index in [0.29, 0.717) is 32.1 Å². The third-order valence-electron chi connectivity index (χ3n) is 31.6. The van der Waals surface area contributed by atoms with Gasteiger partial charge in [-0.15, -0.1) is 0 Å². The van der Waals surface area contributed by atoms with Gasteiger partial charge >= 0.3 is 5.97 Å². The van der Waals surface area contributed by atoms with Crippen molar-refractivity contribution in [3.63, 3.8) is 0 Å². The van der Waals surface area contributed by atoms with E-state index in [2.05, 4.69) is 0 Å². The van der Waals surface area contributed by atoms with Crippen LogP contribution in [0.25, 0.3) is 0 Å². The number of cyclic esters (lactones) is 1. The molecule has 0 amide bonds. The molecule has 9 heterocycles. The smallest absolute Gasteiger partial charge is 0.312 e. The molecule has 9 aliphatic heterocycles. The lowest BCUT2D eigenvalue weighted by Crippen LogP contribution is -2.68.